The number of fused-ring (bicyclic) bond motifs is 1. The summed E-state index contributed by atoms with van der Waals surface area (Å²) < 4.78 is 49.9. The maximum Gasteiger partial charge on any atom is 0.270 e. The molecule has 0 fully saturated rings. The number of anilines is 3. The largest absolute Gasteiger partial charge is 0.495 e. The molecule has 0 amide bonds. The van der Waals surface area contributed by atoms with E-state index in [1.165, 1.54) is 33.5 Å². The Morgan fingerprint density at radius 1 is 1.03 bits per heavy atom. The van der Waals surface area contributed by atoms with Gasteiger partial charge in [-0.05, 0) is 25.1 Å². The molecule has 0 spiro atoms. The highest BCUT2D eigenvalue weighted by Crippen LogP contribution is 2.38. The quantitative estimate of drug-likeness (QED) is 0.358. The van der Waals surface area contributed by atoms with E-state index in [1.807, 2.05) is 0 Å². The number of rotatable bonds is 8. The number of methoxy groups -OCH3 is 3. The third-order valence-electron chi connectivity index (χ3n) is 4.52. The van der Waals surface area contributed by atoms with E-state index < -0.39 is 10.0 Å². The molecule has 3 N–H and O–H groups in total. The lowest BCUT2D eigenvalue weighted by atomic mass is 10.2. The fourth-order valence-electron chi connectivity index (χ4n) is 3.08. The molecule has 13 heteroatoms. The zero-order valence-corrected chi connectivity index (χ0v) is 18.4. The molecule has 0 saturated heterocycles. The first-order valence-electron chi connectivity index (χ1n) is 9.23. The topological polar surface area (TPSA) is 153 Å². The van der Waals surface area contributed by atoms with Crippen LogP contribution >= 0.6 is 0 Å². The molecule has 0 atom stereocenters. The lowest BCUT2D eigenvalue weighted by Gasteiger charge is -2.13. The van der Waals surface area contributed by atoms with Gasteiger partial charge in [-0.3, -0.25) is 9.82 Å². The minimum Gasteiger partial charge on any atom is -0.495 e. The Bertz CT molecular complexity index is 1360. The third-order valence-corrected chi connectivity index (χ3v) is 5.92. The first-order valence-corrected chi connectivity index (χ1v) is 10.7. The number of sulfonamides is 1. The molecule has 0 aliphatic carbocycles. The molecule has 0 bridgehead atoms. The monoisotopic (exact) mass is 460 g/mol. The summed E-state index contributed by atoms with van der Waals surface area (Å²) in [5.41, 5.74) is 0.821. The molecule has 4 rings (SSSR count). The first kappa shape index (κ1) is 21.2. The van der Waals surface area contributed by atoms with Crippen LogP contribution in [-0.2, 0) is 10.0 Å². The maximum absolute atomic E-state index is 13.2. The molecule has 0 unspecified atom stereocenters. The van der Waals surface area contributed by atoms with Crippen LogP contribution in [-0.4, -0.2) is 50.1 Å². The van der Waals surface area contributed by atoms with Gasteiger partial charge in [-0.15, -0.1) is 5.10 Å². The van der Waals surface area contributed by atoms with Crippen molar-refractivity contribution in [3.8, 4) is 17.2 Å². The van der Waals surface area contributed by atoms with Crippen molar-refractivity contribution in [1.29, 1.82) is 0 Å². The van der Waals surface area contributed by atoms with Crippen molar-refractivity contribution < 1.29 is 27.2 Å². The highest BCUT2D eigenvalue weighted by molar-refractivity contribution is 7.93. The standard InChI is InChI=1S/C19H20N6O6S/c1-10-20-19(23-22-10)21-12-9-15-11(8-16(12)30-4)18(24-31-15)25-32(26,27)17-13(28-2)6-5-7-14(17)29-3/h5-9H,1-4H3,(H,24,25)(H2,20,21,22,23). The summed E-state index contributed by atoms with van der Waals surface area (Å²) in [5.74, 6) is 1.59. The smallest absolute Gasteiger partial charge is 0.270 e. The molecule has 168 valence electrons. The van der Waals surface area contributed by atoms with Gasteiger partial charge in [0, 0.05) is 6.07 Å². The fourth-order valence-corrected chi connectivity index (χ4v) is 4.42. The van der Waals surface area contributed by atoms with Gasteiger partial charge in [0.25, 0.3) is 10.0 Å². The van der Waals surface area contributed by atoms with Gasteiger partial charge in [-0.25, -0.2) is 8.42 Å². The predicted molar refractivity (Wildman–Crippen MR) is 115 cm³/mol. The Hall–Kier alpha value is -4.00. The Kier molecular flexibility index (Phi) is 5.48. The summed E-state index contributed by atoms with van der Waals surface area (Å²) in [6.45, 7) is 1.77. The van der Waals surface area contributed by atoms with Gasteiger partial charge >= 0.3 is 0 Å². The average Bonchev–Trinajstić information content (AvgIpc) is 3.37. The van der Waals surface area contributed by atoms with Gasteiger partial charge in [0.1, 0.15) is 23.1 Å². The van der Waals surface area contributed by atoms with Crippen molar-refractivity contribution in [2.75, 3.05) is 31.4 Å². The summed E-state index contributed by atoms with van der Waals surface area (Å²) >= 11 is 0. The number of hydrogen-bond donors (Lipinski definition) is 3. The van der Waals surface area contributed by atoms with Gasteiger partial charge in [-0.2, -0.15) is 4.98 Å². The highest BCUT2D eigenvalue weighted by atomic mass is 32.2. The maximum atomic E-state index is 13.2. The molecule has 0 aliphatic rings. The van der Waals surface area contributed by atoms with Gasteiger partial charge in [0.15, 0.2) is 16.3 Å². The number of benzene rings is 2. The zero-order chi connectivity index (χ0) is 22.9. The Morgan fingerprint density at radius 2 is 1.72 bits per heavy atom. The Labute approximate surface area is 182 Å². The molecule has 2 aromatic carbocycles. The molecule has 0 radical (unpaired) electrons. The van der Waals surface area contributed by atoms with E-state index in [4.69, 9.17) is 18.7 Å². The van der Waals surface area contributed by atoms with Crippen molar-refractivity contribution in [3.05, 3.63) is 36.2 Å². The number of ether oxygens (including phenoxy) is 3. The minimum absolute atomic E-state index is 0.0217. The Morgan fingerprint density at radius 3 is 2.31 bits per heavy atom. The van der Waals surface area contributed by atoms with E-state index in [2.05, 4.69) is 30.4 Å². The van der Waals surface area contributed by atoms with Crippen LogP contribution in [0, 0.1) is 6.92 Å². The summed E-state index contributed by atoms with van der Waals surface area (Å²) in [6.07, 6.45) is 0. The second-order valence-electron chi connectivity index (χ2n) is 6.55. The van der Waals surface area contributed by atoms with E-state index in [-0.39, 0.29) is 22.2 Å². The van der Waals surface area contributed by atoms with E-state index in [0.717, 1.165) is 0 Å². The van der Waals surface area contributed by atoms with Crippen molar-refractivity contribution in [1.82, 2.24) is 20.3 Å². The number of nitrogens with one attached hydrogen (secondary N) is 3. The van der Waals surface area contributed by atoms with E-state index >= 15 is 0 Å². The van der Waals surface area contributed by atoms with Gasteiger partial charge in [-0.1, -0.05) is 11.2 Å². The van der Waals surface area contributed by atoms with Crippen LogP contribution in [0.3, 0.4) is 0 Å². The minimum atomic E-state index is -4.14. The van der Waals surface area contributed by atoms with E-state index in [1.54, 1.807) is 25.1 Å². The summed E-state index contributed by atoms with van der Waals surface area (Å²) in [5, 5.41) is 14.0. The number of hydrogen-bond acceptors (Lipinski definition) is 10. The summed E-state index contributed by atoms with van der Waals surface area (Å²) in [4.78, 5) is 4.03. The number of nitrogens with zero attached hydrogens (tertiary/aromatic N) is 3. The molecule has 32 heavy (non-hydrogen) atoms. The molecular weight excluding hydrogens is 440 g/mol. The SMILES string of the molecule is COc1cc2c(NS(=O)(=O)c3c(OC)cccc3OC)noc2cc1Nc1n[nH]c(C)n1. The second kappa shape index (κ2) is 8.26. The lowest BCUT2D eigenvalue weighted by Crippen LogP contribution is -2.15. The van der Waals surface area contributed by atoms with E-state index in [9.17, 15) is 8.42 Å². The van der Waals surface area contributed by atoms with Crippen molar-refractivity contribution in [2.24, 2.45) is 0 Å². The molecule has 0 saturated carbocycles. The van der Waals surface area contributed by atoms with Gasteiger partial charge in [0.2, 0.25) is 5.95 Å². The zero-order valence-electron chi connectivity index (χ0n) is 17.6. The van der Waals surface area contributed by atoms with E-state index in [0.29, 0.717) is 34.2 Å². The molecule has 2 aromatic heterocycles. The third kappa shape index (κ3) is 3.85. The number of aromatic nitrogens is 4. The molecule has 4 aromatic rings. The lowest BCUT2D eigenvalue weighted by molar-refractivity contribution is 0.373. The van der Waals surface area contributed by atoms with Crippen molar-refractivity contribution in [3.63, 3.8) is 0 Å². The molecule has 12 nitrogen and oxygen atoms in total. The summed E-state index contributed by atoms with van der Waals surface area (Å²) in [7, 11) is 0.0789. The number of aromatic amines is 1. The molecule has 2 heterocycles. The van der Waals surface area contributed by atoms with Crippen LogP contribution in [0.15, 0.2) is 39.8 Å². The normalized spacial score (nSPS) is 11.4. The predicted octanol–water partition coefficient (Wildman–Crippen LogP) is 2.82. The first-order chi connectivity index (χ1) is 15.4. The van der Waals surface area contributed by atoms with Crippen LogP contribution in [0.25, 0.3) is 11.0 Å². The van der Waals surface area contributed by atoms with Crippen LogP contribution in [0.1, 0.15) is 5.82 Å². The molecular formula is C19H20N6O6S. The van der Waals surface area contributed by atoms with Gasteiger partial charge in [0.05, 0.1) is 32.4 Å². The van der Waals surface area contributed by atoms with Crippen LogP contribution in [0.2, 0.25) is 0 Å². The van der Waals surface area contributed by atoms with Crippen LogP contribution in [0.4, 0.5) is 17.5 Å². The highest BCUT2D eigenvalue weighted by Gasteiger charge is 2.27. The molecule has 0 aliphatic heterocycles. The van der Waals surface area contributed by atoms with Crippen molar-refractivity contribution in [2.45, 2.75) is 11.8 Å². The fraction of sp³-hybridized carbons (Fsp3) is 0.211. The van der Waals surface area contributed by atoms with Crippen LogP contribution < -0.4 is 24.2 Å². The summed E-state index contributed by atoms with van der Waals surface area (Å²) in [6, 6.07) is 7.85. The van der Waals surface area contributed by atoms with Crippen LogP contribution in [0.5, 0.6) is 17.2 Å². The van der Waals surface area contributed by atoms with Crippen molar-refractivity contribution >= 4 is 38.4 Å². The average molecular weight is 460 g/mol. The second-order valence-corrected chi connectivity index (χ2v) is 8.17. The Balaban J connectivity index is 1.73. The number of aryl methyl sites for hydroxylation is 1. The number of H-pyrrole nitrogens is 1. The van der Waals surface area contributed by atoms with Gasteiger partial charge < -0.3 is 24.1 Å².